The summed E-state index contributed by atoms with van der Waals surface area (Å²) in [5.74, 6) is 0.325. The number of carbonyl (C=O) groups excluding carboxylic acids is 1. The number of aromatic nitrogens is 1. The third kappa shape index (κ3) is 3.86. The van der Waals surface area contributed by atoms with Gasteiger partial charge >= 0.3 is 0 Å². The van der Waals surface area contributed by atoms with Crippen molar-refractivity contribution in [1.29, 1.82) is 0 Å². The summed E-state index contributed by atoms with van der Waals surface area (Å²) < 4.78 is 5.48. The fourth-order valence-corrected chi connectivity index (χ4v) is 1.16. The van der Waals surface area contributed by atoms with Crippen LogP contribution in [0.5, 0.6) is 5.88 Å². The number of rotatable bonds is 5. The molecule has 1 rings (SSSR count). The predicted molar refractivity (Wildman–Crippen MR) is 62.6 cm³/mol. The molecule has 16 heavy (non-hydrogen) atoms. The Morgan fingerprint density at radius 2 is 2.31 bits per heavy atom. The minimum Gasteiger partial charge on any atom is -0.473 e. The highest BCUT2D eigenvalue weighted by Gasteiger charge is 2.09. The van der Waals surface area contributed by atoms with Crippen molar-refractivity contribution < 1.29 is 9.53 Å². The van der Waals surface area contributed by atoms with Gasteiger partial charge in [0, 0.05) is 6.20 Å². The zero-order valence-corrected chi connectivity index (χ0v) is 9.78. The summed E-state index contributed by atoms with van der Waals surface area (Å²) in [5.41, 5.74) is 0.594. The van der Waals surface area contributed by atoms with E-state index >= 15 is 0 Å². The Bertz CT molecular complexity index is 353. The molecule has 5 heteroatoms. The second-order valence-electron chi connectivity index (χ2n) is 3.60. The summed E-state index contributed by atoms with van der Waals surface area (Å²) in [7, 11) is 1.72. The minimum absolute atomic E-state index is 0.0230. The minimum atomic E-state index is -0.121. The smallest absolute Gasteiger partial charge is 0.238 e. The van der Waals surface area contributed by atoms with Gasteiger partial charge in [0.05, 0.1) is 12.6 Å². The van der Waals surface area contributed by atoms with Crippen molar-refractivity contribution >= 4 is 11.6 Å². The standard InChI is InChI=1S/C11H17N3O2/c1-8(2)16-11-9(5-4-6-13-11)14-10(15)7-12-3/h4-6,8,12H,7H2,1-3H3,(H,14,15). The number of carbonyl (C=O) groups is 1. The molecule has 0 aliphatic rings. The van der Waals surface area contributed by atoms with Gasteiger partial charge in [-0.2, -0.15) is 0 Å². The molecular weight excluding hydrogens is 206 g/mol. The number of likely N-dealkylation sites (N-methyl/N-ethyl adjacent to an activating group) is 1. The van der Waals surface area contributed by atoms with Crippen molar-refractivity contribution in [2.24, 2.45) is 0 Å². The third-order valence-corrected chi connectivity index (χ3v) is 1.73. The van der Waals surface area contributed by atoms with Crippen molar-refractivity contribution in [1.82, 2.24) is 10.3 Å². The lowest BCUT2D eigenvalue weighted by atomic mass is 10.4. The molecule has 88 valence electrons. The molecule has 0 saturated heterocycles. The van der Waals surface area contributed by atoms with Gasteiger partial charge in [-0.25, -0.2) is 4.98 Å². The van der Waals surface area contributed by atoms with Gasteiger partial charge in [0.15, 0.2) is 0 Å². The van der Waals surface area contributed by atoms with Crippen LogP contribution in [0.2, 0.25) is 0 Å². The largest absolute Gasteiger partial charge is 0.473 e. The van der Waals surface area contributed by atoms with E-state index in [1.165, 1.54) is 0 Å². The number of hydrogen-bond acceptors (Lipinski definition) is 4. The molecule has 0 radical (unpaired) electrons. The third-order valence-electron chi connectivity index (χ3n) is 1.73. The van der Waals surface area contributed by atoms with E-state index in [-0.39, 0.29) is 18.6 Å². The van der Waals surface area contributed by atoms with Crippen LogP contribution in [-0.2, 0) is 4.79 Å². The van der Waals surface area contributed by atoms with E-state index in [0.717, 1.165) is 0 Å². The first kappa shape index (κ1) is 12.4. The summed E-state index contributed by atoms with van der Waals surface area (Å²) in [6, 6.07) is 3.51. The lowest BCUT2D eigenvalue weighted by Gasteiger charge is -2.13. The molecule has 1 heterocycles. The number of amides is 1. The average Bonchev–Trinajstić information content (AvgIpc) is 2.20. The number of anilines is 1. The quantitative estimate of drug-likeness (QED) is 0.782. The lowest BCUT2D eigenvalue weighted by Crippen LogP contribution is -2.25. The van der Waals surface area contributed by atoms with Crippen LogP contribution in [0.1, 0.15) is 13.8 Å². The van der Waals surface area contributed by atoms with Gasteiger partial charge in [0.2, 0.25) is 11.8 Å². The normalized spacial score (nSPS) is 10.2. The maximum Gasteiger partial charge on any atom is 0.238 e. The van der Waals surface area contributed by atoms with Crippen molar-refractivity contribution in [2.75, 3.05) is 18.9 Å². The summed E-state index contributed by atoms with van der Waals surface area (Å²) in [4.78, 5) is 15.5. The van der Waals surface area contributed by atoms with Crippen LogP contribution in [0.3, 0.4) is 0 Å². The SMILES string of the molecule is CNCC(=O)Nc1cccnc1OC(C)C. The van der Waals surface area contributed by atoms with Gasteiger partial charge in [-0.1, -0.05) is 0 Å². The van der Waals surface area contributed by atoms with E-state index in [9.17, 15) is 4.79 Å². The Kier molecular flexibility index (Phi) is 4.72. The van der Waals surface area contributed by atoms with E-state index in [2.05, 4.69) is 15.6 Å². The number of nitrogens with one attached hydrogen (secondary N) is 2. The van der Waals surface area contributed by atoms with Crippen LogP contribution in [0.15, 0.2) is 18.3 Å². The first-order valence-corrected chi connectivity index (χ1v) is 5.19. The first-order valence-electron chi connectivity index (χ1n) is 5.19. The van der Waals surface area contributed by atoms with Crippen LogP contribution >= 0.6 is 0 Å². The highest BCUT2D eigenvalue weighted by atomic mass is 16.5. The van der Waals surface area contributed by atoms with Crippen molar-refractivity contribution in [3.8, 4) is 5.88 Å². The fourth-order valence-electron chi connectivity index (χ4n) is 1.16. The summed E-state index contributed by atoms with van der Waals surface area (Å²) in [5, 5.41) is 5.50. The molecular formula is C11H17N3O2. The Morgan fingerprint density at radius 1 is 1.56 bits per heavy atom. The molecule has 0 bridgehead atoms. The molecule has 0 aromatic carbocycles. The maximum atomic E-state index is 11.4. The highest BCUT2D eigenvalue weighted by molar-refractivity contribution is 5.93. The summed E-state index contributed by atoms with van der Waals surface area (Å²) in [6.07, 6.45) is 1.65. The average molecular weight is 223 g/mol. The van der Waals surface area contributed by atoms with Crippen LogP contribution < -0.4 is 15.4 Å². The van der Waals surface area contributed by atoms with Crippen LogP contribution in [0.4, 0.5) is 5.69 Å². The number of hydrogen-bond donors (Lipinski definition) is 2. The number of nitrogens with zero attached hydrogens (tertiary/aromatic N) is 1. The lowest BCUT2D eigenvalue weighted by molar-refractivity contribution is -0.115. The van der Waals surface area contributed by atoms with E-state index < -0.39 is 0 Å². The highest BCUT2D eigenvalue weighted by Crippen LogP contribution is 2.21. The monoisotopic (exact) mass is 223 g/mol. The summed E-state index contributed by atoms with van der Waals surface area (Å²) >= 11 is 0. The molecule has 2 N–H and O–H groups in total. The van der Waals surface area contributed by atoms with Gasteiger partial charge in [-0.05, 0) is 33.0 Å². The Balaban J connectivity index is 2.74. The first-order chi connectivity index (χ1) is 7.63. The Morgan fingerprint density at radius 3 is 2.94 bits per heavy atom. The van der Waals surface area contributed by atoms with Crippen molar-refractivity contribution in [2.45, 2.75) is 20.0 Å². The molecule has 0 atom stereocenters. The molecule has 0 fully saturated rings. The maximum absolute atomic E-state index is 11.4. The fraction of sp³-hybridized carbons (Fsp3) is 0.455. The van der Waals surface area contributed by atoms with Crippen LogP contribution in [-0.4, -0.2) is 30.6 Å². The molecule has 5 nitrogen and oxygen atoms in total. The van der Waals surface area contributed by atoms with E-state index in [0.29, 0.717) is 11.6 Å². The summed E-state index contributed by atoms with van der Waals surface area (Å²) in [6.45, 7) is 4.08. The van der Waals surface area contributed by atoms with Gasteiger partial charge in [-0.3, -0.25) is 4.79 Å². The van der Waals surface area contributed by atoms with Crippen LogP contribution in [0.25, 0.3) is 0 Å². The zero-order chi connectivity index (χ0) is 12.0. The molecule has 0 spiro atoms. The van der Waals surface area contributed by atoms with E-state index in [1.807, 2.05) is 13.8 Å². The van der Waals surface area contributed by atoms with Gasteiger partial charge in [0.1, 0.15) is 5.69 Å². The van der Waals surface area contributed by atoms with E-state index in [4.69, 9.17) is 4.74 Å². The number of pyridine rings is 1. The molecule has 0 saturated carbocycles. The second-order valence-corrected chi connectivity index (χ2v) is 3.60. The van der Waals surface area contributed by atoms with Crippen molar-refractivity contribution in [3.63, 3.8) is 0 Å². The molecule has 0 aliphatic carbocycles. The van der Waals surface area contributed by atoms with Gasteiger partial charge in [-0.15, -0.1) is 0 Å². The Hall–Kier alpha value is -1.62. The zero-order valence-electron chi connectivity index (χ0n) is 9.78. The number of ether oxygens (including phenoxy) is 1. The Labute approximate surface area is 95.2 Å². The van der Waals surface area contributed by atoms with Crippen LogP contribution in [0, 0.1) is 0 Å². The predicted octanol–water partition coefficient (Wildman–Crippen LogP) is 1.03. The molecule has 0 aliphatic heterocycles. The van der Waals surface area contributed by atoms with Gasteiger partial charge < -0.3 is 15.4 Å². The topological polar surface area (TPSA) is 63.2 Å². The second kappa shape index (κ2) is 6.07. The van der Waals surface area contributed by atoms with E-state index in [1.54, 1.807) is 25.4 Å². The molecule has 1 amide bonds. The molecule has 1 aromatic rings. The molecule has 0 unspecified atom stereocenters. The molecule has 1 aromatic heterocycles. The van der Waals surface area contributed by atoms with Gasteiger partial charge in [0.25, 0.3) is 0 Å². The van der Waals surface area contributed by atoms with Crippen molar-refractivity contribution in [3.05, 3.63) is 18.3 Å².